The van der Waals surface area contributed by atoms with Crippen LogP contribution in [0.15, 0.2) is 49.2 Å². The minimum atomic E-state index is -0.964. The quantitative estimate of drug-likeness (QED) is 0.819. The van der Waals surface area contributed by atoms with Crippen molar-refractivity contribution >= 4 is 5.97 Å². The Hall–Kier alpha value is -2.36. The monoisotopic (exact) mass is 242 g/mol. The SMILES string of the molecule is C=CCc1ncc(C(=O)O)n1Cc1ccccc1. The first-order chi connectivity index (χ1) is 8.72. The third-order valence-electron chi connectivity index (χ3n) is 2.67. The van der Waals surface area contributed by atoms with Gasteiger partial charge in [0.2, 0.25) is 0 Å². The Morgan fingerprint density at radius 2 is 2.11 bits per heavy atom. The van der Waals surface area contributed by atoms with Gasteiger partial charge in [-0.2, -0.15) is 0 Å². The van der Waals surface area contributed by atoms with Crippen molar-refractivity contribution in [3.8, 4) is 0 Å². The number of imidazole rings is 1. The lowest BCUT2D eigenvalue weighted by Crippen LogP contribution is -2.12. The van der Waals surface area contributed by atoms with Crippen LogP contribution in [0.1, 0.15) is 21.9 Å². The molecule has 0 aliphatic heterocycles. The number of aromatic nitrogens is 2. The number of hydrogen-bond acceptors (Lipinski definition) is 2. The second-order valence-corrected chi connectivity index (χ2v) is 3.93. The largest absolute Gasteiger partial charge is 0.477 e. The molecule has 0 saturated carbocycles. The van der Waals surface area contributed by atoms with Crippen molar-refractivity contribution in [1.82, 2.24) is 9.55 Å². The molecule has 1 aromatic heterocycles. The molecule has 18 heavy (non-hydrogen) atoms. The Balaban J connectivity index is 2.37. The molecular formula is C14H14N2O2. The summed E-state index contributed by atoms with van der Waals surface area (Å²) in [6.45, 7) is 4.16. The molecule has 0 fully saturated rings. The number of carbonyl (C=O) groups is 1. The van der Waals surface area contributed by atoms with E-state index in [1.165, 1.54) is 6.20 Å². The Labute approximate surface area is 105 Å². The molecular weight excluding hydrogens is 228 g/mol. The van der Waals surface area contributed by atoms with E-state index in [-0.39, 0.29) is 5.69 Å². The second-order valence-electron chi connectivity index (χ2n) is 3.93. The van der Waals surface area contributed by atoms with Crippen LogP contribution in [0.5, 0.6) is 0 Å². The first kappa shape index (κ1) is 12.1. The summed E-state index contributed by atoms with van der Waals surface area (Å²) in [5, 5.41) is 9.14. The summed E-state index contributed by atoms with van der Waals surface area (Å²) in [6, 6.07) is 9.71. The van der Waals surface area contributed by atoms with Crippen molar-refractivity contribution in [3.05, 3.63) is 66.3 Å². The zero-order valence-electron chi connectivity index (χ0n) is 9.91. The van der Waals surface area contributed by atoms with Crippen LogP contribution in [0, 0.1) is 0 Å². The van der Waals surface area contributed by atoms with Crippen molar-refractivity contribution < 1.29 is 9.90 Å². The third-order valence-corrected chi connectivity index (χ3v) is 2.67. The molecule has 2 rings (SSSR count). The average Bonchev–Trinajstić information content (AvgIpc) is 2.74. The smallest absolute Gasteiger partial charge is 0.354 e. The number of aromatic carboxylic acids is 1. The molecule has 0 atom stereocenters. The summed E-state index contributed by atoms with van der Waals surface area (Å²) in [4.78, 5) is 15.3. The third kappa shape index (κ3) is 2.48. The zero-order chi connectivity index (χ0) is 13.0. The van der Waals surface area contributed by atoms with Gasteiger partial charge in [0.1, 0.15) is 11.5 Å². The van der Waals surface area contributed by atoms with Crippen molar-refractivity contribution in [2.45, 2.75) is 13.0 Å². The summed E-state index contributed by atoms with van der Waals surface area (Å²) in [6.07, 6.45) is 3.67. The number of carboxylic acid groups (broad SMARTS) is 1. The van der Waals surface area contributed by atoms with Gasteiger partial charge in [-0.25, -0.2) is 9.78 Å². The fourth-order valence-corrected chi connectivity index (χ4v) is 1.82. The number of carboxylic acids is 1. The highest BCUT2D eigenvalue weighted by Gasteiger charge is 2.14. The minimum Gasteiger partial charge on any atom is -0.477 e. The van der Waals surface area contributed by atoms with Crippen LogP contribution in [0.3, 0.4) is 0 Å². The number of nitrogens with zero attached hydrogens (tertiary/aromatic N) is 2. The van der Waals surface area contributed by atoms with Crippen LogP contribution in [0.4, 0.5) is 0 Å². The van der Waals surface area contributed by atoms with Crippen LogP contribution in [0.2, 0.25) is 0 Å². The first-order valence-corrected chi connectivity index (χ1v) is 5.65. The van der Waals surface area contributed by atoms with E-state index >= 15 is 0 Å². The van der Waals surface area contributed by atoms with Crippen LogP contribution < -0.4 is 0 Å². The topological polar surface area (TPSA) is 55.1 Å². The van der Waals surface area contributed by atoms with Gasteiger partial charge in [-0.1, -0.05) is 36.4 Å². The van der Waals surface area contributed by atoms with Crippen LogP contribution in [-0.4, -0.2) is 20.6 Å². The van der Waals surface area contributed by atoms with E-state index in [1.54, 1.807) is 10.6 Å². The molecule has 0 unspecified atom stereocenters. The van der Waals surface area contributed by atoms with E-state index < -0.39 is 5.97 Å². The Kier molecular flexibility index (Phi) is 3.57. The van der Waals surface area contributed by atoms with Crippen LogP contribution >= 0.6 is 0 Å². The maximum atomic E-state index is 11.1. The van der Waals surface area contributed by atoms with Gasteiger partial charge >= 0.3 is 5.97 Å². The maximum absolute atomic E-state index is 11.1. The van der Waals surface area contributed by atoms with Gasteiger partial charge in [-0.05, 0) is 5.56 Å². The van der Waals surface area contributed by atoms with E-state index in [0.717, 1.165) is 5.56 Å². The van der Waals surface area contributed by atoms with E-state index in [4.69, 9.17) is 5.11 Å². The van der Waals surface area contributed by atoms with E-state index in [9.17, 15) is 4.79 Å². The molecule has 0 aliphatic rings. The Morgan fingerprint density at radius 3 is 2.72 bits per heavy atom. The molecule has 0 amide bonds. The molecule has 1 N–H and O–H groups in total. The predicted octanol–water partition coefficient (Wildman–Crippen LogP) is 2.36. The van der Waals surface area contributed by atoms with Gasteiger partial charge < -0.3 is 9.67 Å². The molecule has 1 aromatic carbocycles. The second kappa shape index (κ2) is 5.31. The maximum Gasteiger partial charge on any atom is 0.354 e. The van der Waals surface area contributed by atoms with Gasteiger partial charge in [0.25, 0.3) is 0 Å². The van der Waals surface area contributed by atoms with Crippen molar-refractivity contribution in [3.63, 3.8) is 0 Å². The molecule has 1 heterocycles. The molecule has 92 valence electrons. The van der Waals surface area contributed by atoms with Gasteiger partial charge in [0.15, 0.2) is 0 Å². The molecule has 4 nitrogen and oxygen atoms in total. The van der Waals surface area contributed by atoms with Gasteiger partial charge in [0.05, 0.1) is 6.20 Å². The average molecular weight is 242 g/mol. The highest BCUT2D eigenvalue weighted by molar-refractivity contribution is 5.85. The van der Waals surface area contributed by atoms with Gasteiger partial charge in [-0.15, -0.1) is 6.58 Å². The van der Waals surface area contributed by atoms with Crippen LogP contribution in [-0.2, 0) is 13.0 Å². The van der Waals surface area contributed by atoms with Crippen molar-refractivity contribution in [2.75, 3.05) is 0 Å². The number of hydrogen-bond donors (Lipinski definition) is 1. The zero-order valence-corrected chi connectivity index (χ0v) is 9.91. The summed E-state index contributed by atoms with van der Waals surface area (Å²) in [5.41, 5.74) is 1.25. The van der Waals surface area contributed by atoms with Crippen molar-refractivity contribution in [1.29, 1.82) is 0 Å². The highest BCUT2D eigenvalue weighted by atomic mass is 16.4. The molecule has 0 radical (unpaired) electrons. The minimum absolute atomic E-state index is 0.204. The van der Waals surface area contributed by atoms with Crippen LogP contribution in [0.25, 0.3) is 0 Å². The van der Waals surface area contributed by atoms with Crippen molar-refractivity contribution in [2.24, 2.45) is 0 Å². The summed E-state index contributed by atoms with van der Waals surface area (Å²) in [7, 11) is 0. The predicted molar refractivity (Wildman–Crippen MR) is 68.6 cm³/mol. The van der Waals surface area contributed by atoms with E-state index in [2.05, 4.69) is 11.6 Å². The first-order valence-electron chi connectivity index (χ1n) is 5.65. The van der Waals surface area contributed by atoms with Gasteiger partial charge in [0, 0.05) is 13.0 Å². The summed E-state index contributed by atoms with van der Waals surface area (Å²) in [5.74, 6) is -0.250. The summed E-state index contributed by atoms with van der Waals surface area (Å²) >= 11 is 0. The molecule has 0 spiro atoms. The fourth-order valence-electron chi connectivity index (χ4n) is 1.82. The lowest BCUT2D eigenvalue weighted by Gasteiger charge is -2.09. The lowest BCUT2D eigenvalue weighted by molar-refractivity contribution is 0.0685. The molecule has 2 aromatic rings. The molecule has 0 saturated heterocycles. The standard InChI is InChI=1S/C14H14N2O2/c1-2-6-13-15-9-12(14(17)18)16(13)10-11-7-4-3-5-8-11/h2-5,7-9H,1,6,10H2,(H,17,18). The van der Waals surface area contributed by atoms with E-state index in [1.807, 2.05) is 30.3 Å². The van der Waals surface area contributed by atoms with Gasteiger partial charge in [-0.3, -0.25) is 0 Å². The number of allylic oxidation sites excluding steroid dienone is 1. The lowest BCUT2D eigenvalue weighted by atomic mass is 10.2. The fraction of sp³-hybridized carbons (Fsp3) is 0.143. The van der Waals surface area contributed by atoms with E-state index in [0.29, 0.717) is 18.8 Å². The normalized spacial score (nSPS) is 10.2. The molecule has 0 aliphatic carbocycles. The molecule has 4 heteroatoms. The molecule has 0 bridgehead atoms. The Bertz CT molecular complexity index is 558. The number of rotatable bonds is 5. The Morgan fingerprint density at radius 1 is 1.39 bits per heavy atom. The number of benzene rings is 1. The highest BCUT2D eigenvalue weighted by Crippen LogP contribution is 2.11. The summed E-state index contributed by atoms with van der Waals surface area (Å²) < 4.78 is 1.71.